The van der Waals surface area contributed by atoms with Crippen molar-refractivity contribution in [2.45, 2.75) is 58.9 Å². The van der Waals surface area contributed by atoms with E-state index in [1.165, 1.54) is 24.0 Å². The second-order valence-corrected chi connectivity index (χ2v) is 6.95. The Morgan fingerprint density at radius 1 is 1.15 bits per heavy atom. The van der Waals surface area contributed by atoms with Crippen molar-refractivity contribution in [2.75, 3.05) is 5.32 Å². The Kier molecular flexibility index (Phi) is 3.92. The summed E-state index contributed by atoms with van der Waals surface area (Å²) >= 11 is 0. The molecule has 0 unspecified atom stereocenters. The van der Waals surface area contributed by atoms with Gasteiger partial charge in [0.2, 0.25) is 5.91 Å². The molecule has 0 bridgehead atoms. The van der Waals surface area contributed by atoms with Gasteiger partial charge in [-0.05, 0) is 70.6 Å². The van der Waals surface area contributed by atoms with E-state index in [-0.39, 0.29) is 5.91 Å². The van der Waals surface area contributed by atoms with Crippen molar-refractivity contribution in [3.8, 4) is 0 Å². The lowest BCUT2D eigenvalue weighted by Crippen LogP contribution is -2.53. The van der Waals surface area contributed by atoms with Crippen molar-refractivity contribution >= 4 is 11.6 Å². The van der Waals surface area contributed by atoms with Crippen LogP contribution in [0.25, 0.3) is 0 Å². The molecular weight excluding hydrogens is 248 g/mol. The number of carbonyl (C=O) groups is 1. The molecule has 0 spiro atoms. The molecule has 0 saturated carbocycles. The fourth-order valence-electron chi connectivity index (χ4n) is 2.47. The molecule has 1 amide bonds. The van der Waals surface area contributed by atoms with E-state index in [9.17, 15) is 4.79 Å². The van der Waals surface area contributed by atoms with Gasteiger partial charge < -0.3 is 11.1 Å². The molecule has 0 aliphatic heterocycles. The number of nitrogens with one attached hydrogen (secondary N) is 1. The van der Waals surface area contributed by atoms with Crippen LogP contribution in [0.1, 0.15) is 51.7 Å². The van der Waals surface area contributed by atoms with E-state index in [0.29, 0.717) is 0 Å². The summed E-state index contributed by atoms with van der Waals surface area (Å²) in [6.07, 6.45) is 4.61. The van der Waals surface area contributed by atoms with Gasteiger partial charge in [-0.3, -0.25) is 4.79 Å². The average Bonchev–Trinajstić information content (AvgIpc) is 2.37. The van der Waals surface area contributed by atoms with Crippen LogP contribution in [0.4, 0.5) is 5.69 Å². The highest BCUT2D eigenvalue weighted by atomic mass is 16.2. The number of amides is 1. The summed E-state index contributed by atoms with van der Waals surface area (Å²) in [4.78, 5) is 12.6. The fourth-order valence-corrected chi connectivity index (χ4v) is 2.47. The predicted octanol–water partition coefficient (Wildman–Crippen LogP) is 3.27. The zero-order chi connectivity index (χ0) is 15.0. The van der Waals surface area contributed by atoms with Crippen molar-refractivity contribution in [1.82, 2.24) is 0 Å². The second kappa shape index (κ2) is 5.21. The molecule has 2 rings (SSSR count). The van der Waals surface area contributed by atoms with E-state index in [2.05, 4.69) is 11.4 Å². The largest absolute Gasteiger partial charge is 0.325 e. The summed E-state index contributed by atoms with van der Waals surface area (Å²) in [6.45, 7) is 7.59. The molecule has 110 valence electrons. The molecule has 1 aliphatic carbocycles. The number of rotatable bonds is 3. The molecule has 3 N–H and O–H groups in total. The predicted molar refractivity (Wildman–Crippen MR) is 83.8 cm³/mol. The molecule has 0 saturated heterocycles. The van der Waals surface area contributed by atoms with Crippen molar-refractivity contribution in [3.63, 3.8) is 0 Å². The van der Waals surface area contributed by atoms with E-state index in [1.54, 1.807) is 0 Å². The van der Waals surface area contributed by atoms with Gasteiger partial charge in [-0.15, -0.1) is 0 Å². The first-order chi connectivity index (χ1) is 9.23. The number of hydrogen-bond acceptors (Lipinski definition) is 2. The van der Waals surface area contributed by atoms with Gasteiger partial charge in [0.05, 0.1) is 5.41 Å². The zero-order valence-corrected chi connectivity index (χ0v) is 13.0. The molecule has 0 atom stereocenters. The lowest BCUT2D eigenvalue weighted by Gasteiger charge is -2.37. The Bertz CT molecular complexity index is 512. The molecule has 0 radical (unpaired) electrons. The summed E-state index contributed by atoms with van der Waals surface area (Å²) in [5.74, 6) is -0.0102. The molecule has 1 aromatic carbocycles. The van der Waals surface area contributed by atoms with Crippen LogP contribution >= 0.6 is 0 Å². The monoisotopic (exact) mass is 274 g/mol. The van der Waals surface area contributed by atoms with Gasteiger partial charge in [0.15, 0.2) is 0 Å². The minimum absolute atomic E-state index is 0.0102. The smallest absolute Gasteiger partial charge is 0.231 e. The molecule has 20 heavy (non-hydrogen) atoms. The maximum atomic E-state index is 12.6. The zero-order valence-electron chi connectivity index (χ0n) is 13.0. The van der Waals surface area contributed by atoms with Crippen LogP contribution in [0.3, 0.4) is 0 Å². The summed E-state index contributed by atoms with van der Waals surface area (Å²) < 4.78 is 0. The van der Waals surface area contributed by atoms with Crippen LogP contribution in [0.15, 0.2) is 18.2 Å². The molecular formula is C17H26N2O. The Morgan fingerprint density at radius 3 is 2.45 bits per heavy atom. The number of anilines is 1. The fraction of sp³-hybridized carbons (Fsp3) is 0.588. The summed E-state index contributed by atoms with van der Waals surface area (Å²) in [6, 6.07) is 6.20. The first-order valence-corrected chi connectivity index (χ1v) is 7.44. The van der Waals surface area contributed by atoms with Crippen LogP contribution in [0, 0.1) is 5.41 Å². The number of fused-ring (bicyclic) bond motifs is 1. The quantitative estimate of drug-likeness (QED) is 0.889. The van der Waals surface area contributed by atoms with Crippen LogP contribution in [-0.4, -0.2) is 11.4 Å². The Balaban J connectivity index is 2.25. The van der Waals surface area contributed by atoms with Crippen molar-refractivity contribution in [3.05, 3.63) is 29.3 Å². The van der Waals surface area contributed by atoms with Crippen molar-refractivity contribution in [2.24, 2.45) is 11.1 Å². The highest BCUT2D eigenvalue weighted by Crippen LogP contribution is 2.32. The second-order valence-electron chi connectivity index (χ2n) is 6.95. The Morgan fingerprint density at radius 2 is 1.80 bits per heavy atom. The first kappa shape index (κ1) is 15.0. The van der Waals surface area contributed by atoms with Crippen LogP contribution in [-0.2, 0) is 17.6 Å². The van der Waals surface area contributed by atoms with Gasteiger partial charge in [-0.1, -0.05) is 12.1 Å². The van der Waals surface area contributed by atoms with Gasteiger partial charge in [-0.25, -0.2) is 0 Å². The summed E-state index contributed by atoms with van der Waals surface area (Å²) in [5.41, 5.74) is 8.60. The van der Waals surface area contributed by atoms with Crippen molar-refractivity contribution < 1.29 is 4.79 Å². The van der Waals surface area contributed by atoms with Gasteiger partial charge >= 0.3 is 0 Å². The average molecular weight is 274 g/mol. The Hall–Kier alpha value is -1.35. The molecule has 3 nitrogen and oxygen atoms in total. The highest BCUT2D eigenvalue weighted by molar-refractivity contribution is 5.96. The first-order valence-electron chi connectivity index (χ1n) is 7.44. The van der Waals surface area contributed by atoms with E-state index < -0.39 is 11.0 Å². The highest BCUT2D eigenvalue weighted by Gasteiger charge is 2.40. The third kappa shape index (κ3) is 2.73. The lowest BCUT2D eigenvalue weighted by atomic mass is 9.74. The van der Waals surface area contributed by atoms with Crippen LogP contribution < -0.4 is 11.1 Å². The van der Waals surface area contributed by atoms with Gasteiger partial charge in [-0.2, -0.15) is 0 Å². The standard InChI is InChI=1S/C17H26N2O/c1-16(2,17(3,4)18)15(20)19-14-11-7-9-12-8-5-6-10-13(12)14/h7,9,11H,5-6,8,10,18H2,1-4H3,(H,19,20). The molecule has 1 aliphatic rings. The molecule has 0 fully saturated rings. The molecule has 3 heteroatoms. The van der Waals surface area contributed by atoms with E-state index >= 15 is 0 Å². The van der Waals surface area contributed by atoms with Crippen LogP contribution in [0.5, 0.6) is 0 Å². The van der Waals surface area contributed by atoms with Crippen LogP contribution in [0.2, 0.25) is 0 Å². The minimum atomic E-state index is -0.621. The molecule has 0 heterocycles. The van der Waals surface area contributed by atoms with Crippen molar-refractivity contribution in [1.29, 1.82) is 0 Å². The lowest BCUT2D eigenvalue weighted by molar-refractivity contribution is -0.126. The maximum Gasteiger partial charge on any atom is 0.231 e. The number of benzene rings is 1. The number of nitrogens with two attached hydrogens (primary N) is 1. The van der Waals surface area contributed by atoms with E-state index in [4.69, 9.17) is 5.73 Å². The summed E-state index contributed by atoms with van der Waals surface area (Å²) in [7, 11) is 0. The van der Waals surface area contributed by atoms with Gasteiger partial charge in [0.25, 0.3) is 0 Å². The Labute approximate surface area is 121 Å². The third-order valence-corrected chi connectivity index (χ3v) is 4.82. The minimum Gasteiger partial charge on any atom is -0.325 e. The third-order valence-electron chi connectivity index (χ3n) is 4.82. The van der Waals surface area contributed by atoms with E-state index in [1.807, 2.05) is 39.8 Å². The van der Waals surface area contributed by atoms with Gasteiger partial charge in [0, 0.05) is 11.2 Å². The number of aryl methyl sites for hydroxylation is 1. The molecule has 1 aromatic rings. The normalized spacial score (nSPS) is 15.7. The number of hydrogen-bond donors (Lipinski definition) is 2. The van der Waals surface area contributed by atoms with Gasteiger partial charge in [0.1, 0.15) is 0 Å². The number of carbonyl (C=O) groups excluding carboxylic acids is 1. The molecule has 0 aromatic heterocycles. The topological polar surface area (TPSA) is 55.1 Å². The summed E-state index contributed by atoms with van der Waals surface area (Å²) in [5, 5.41) is 3.10. The maximum absolute atomic E-state index is 12.6. The SMILES string of the molecule is CC(C)(N)C(C)(C)C(=O)Nc1cccc2c1CCCC2. The van der Waals surface area contributed by atoms with E-state index in [0.717, 1.165) is 18.5 Å².